The van der Waals surface area contributed by atoms with Gasteiger partial charge in [0.25, 0.3) is 0 Å². The van der Waals surface area contributed by atoms with E-state index < -0.39 is 11.9 Å². The number of carbonyl (C=O) groups is 2. The highest BCUT2D eigenvalue weighted by molar-refractivity contribution is 5.82. The Morgan fingerprint density at radius 2 is 1.04 bits per heavy atom. The van der Waals surface area contributed by atoms with E-state index in [1.54, 1.807) is 0 Å². The van der Waals surface area contributed by atoms with Gasteiger partial charge in [0.05, 0.1) is 0 Å². The minimum atomic E-state index is -0.866. The predicted octanol–water partition coefficient (Wildman–Crippen LogP) is 11.2. The molecule has 0 aromatic heterocycles. The van der Waals surface area contributed by atoms with Gasteiger partial charge in [0.15, 0.2) is 0 Å². The second-order valence-corrected chi connectivity index (χ2v) is 17.6. The monoisotopic (exact) mass is 662 g/mol. The molecule has 4 nitrogen and oxygen atoms in total. The summed E-state index contributed by atoms with van der Waals surface area (Å²) in [4.78, 5) is 21.7. The molecule has 0 amide bonds. The van der Waals surface area contributed by atoms with Crippen LogP contribution in [0.5, 0.6) is 0 Å². The topological polar surface area (TPSA) is 74.6 Å². The summed E-state index contributed by atoms with van der Waals surface area (Å²) in [5, 5.41) is 17.9. The Bertz CT molecular complexity index is 1740. The Morgan fingerprint density at radius 3 is 1.55 bits per heavy atom. The van der Waals surface area contributed by atoms with Crippen LogP contribution in [0.25, 0.3) is 11.1 Å². The van der Waals surface area contributed by atoms with Crippen molar-refractivity contribution in [2.24, 2.45) is 11.8 Å². The first-order chi connectivity index (χ1) is 22.8. The molecule has 2 unspecified atom stereocenters. The zero-order chi connectivity index (χ0) is 35.9. The maximum absolute atomic E-state index is 10.9. The van der Waals surface area contributed by atoms with E-state index in [9.17, 15) is 9.59 Å². The third-order valence-electron chi connectivity index (χ3n) is 12.1. The van der Waals surface area contributed by atoms with Crippen LogP contribution in [0.3, 0.4) is 0 Å². The number of allylic oxidation sites excluding steroid dienone is 6. The number of aryl methyl sites for hydroxylation is 1. The lowest BCUT2D eigenvalue weighted by molar-refractivity contribution is -0.132. The number of hydrogen-bond donors (Lipinski definition) is 2. The largest absolute Gasteiger partial charge is 0.478 e. The number of aliphatic carboxylic acids is 2. The van der Waals surface area contributed by atoms with Crippen LogP contribution in [0.15, 0.2) is 66.8 Å². The van der Waals surface area contributed by atoms with E-state index in [1.807, 2.05) is 12.2 Å². The van der Waals surface area contributed by atoms with E-state index in [1.165, 1.54) is 87.9 Å². The van der Waals surface area contributed by atoms with Crippen LogP contribution >= 0.6 is 0 Å². The third-order valence-corrected chi connectivity index (χ3v) is 12.1. The van der Waals surface area contributed by atoms with Crippen LogP contribution in [-0.4, -0.2) is 22.2 Å². The highest BCUT2D eigenvalue weighted by atomic mass is 16.4. The van der Waals surface area contributed by atoms with E-state index in [0.29, 0.717) is 0 Å². The summed E-state index contributed by atoms with van der Waals surface area (Å²) in [7, 11) is 0. The fourth-order valence-electron chi connectivity index (χ4n) is 8.69. The Balaban J connectivity index is 0.000000191. The van der Waals surface area contributed by atoms with E-state index in [-0.39, 0.29) is 33.5 Å². The molecular weight excluding hydrogens is 604 g/mol. The van der Waals surface area contributed by atoms with Crippen molar-refractivity contribution >= 4 is 23.1 Å². The van der Waals surface area contributed by atoms with E-state index in [2.05, 4.69) is 105 Å². The molecule has 2 aromatic carbocycles. The van der Waals surface area contributed by atoms with Crippen molar-refractivity contribution in [2.45, 2.75) is 135 Å². The maximum atomic E-state index is 10.9. The number of rotatable bonds is 6. The Kier molecular flexibility index (Phi) is 10.1. The van der Waals surface area contributed by atoms with Crippen LogP contribution in [-0.2, 0) is 31.2 Å². The quantitative estimate of drug-likeness (QED) is 0.302. The number of carboxylic acids is 2. The molecule has 0 saturated heterocycles. The van der Waals surface area contributed by atoms with Gasteiger partial charge in [0, 0.05) is 24.0 Å². The number of benzene rings is 2. The predicted molar refractivity (Wildman–Crippen MR) is 203 cm³/mol. The van der Waals surface area contributed by atoms with Gasteiger partial charge < -0.3 is 10.2 Å². The standard InChI is InChI=1S/C23H30O2.C22H28O2/c1-15-13-19-20(23(4,5)12-11-22(19,2)3)14-18(15)17-8-6-7-16(17)9-10-21(24)25;1-21(2)12-13-22(3,4)19-14-16(8-10-18(19)21)17-7-5-6-15(17)9-11-20(23)24/h8-10,13-14,16H,6-7,11-12H2,1-5H3,(H,24,25);7-11,14-15H,5-6,12-13H2,1-4H3,(H,23,24). The molecule has 2 atom stereocenters. The van der Waals surface area contributed by atoms with Crippen LogP contribution < -0.4 is 0 Å². The van der Waals surface area contributed by atoms with Crippen molar-refractivity contribution in [3.63, 3.8) is 0 Å². The Morgan fingerprint density at radius 1 is 0.612 bits per heavy atom. The third kappa shape index (κ3) is 7.74. The summed E-state index contributed by atoms with van der Waals surface area (Å²) in [6.07, 6.45) is 19.8. The van der Waals surface area contributed by atoms with Gasteiger partial charge in [-0.05, 0) is 130 Å². The highest BCUT2D eigenvalue weighted by Crippen LogP contribution is 2.49. The average Bonchev–Trinajstić information content (AvgIpc) is 3.70. The fraction of sp³-hybridized carbons (Fsp3) is 0.511. The lowest BCUT2D eigenvalue weighted by Gasteiger charge is -2.42. The molecule has 262 valence electrons. The van der Waals surface area contributed by atoms with Gasteiger partial charge in [-0.3, -0.25) is 0 Å². The van der Waals surface area contributed by atoms with Gasteiger partial charge in [0.1, 0.15) is 0 Å². The normalized spacial score (nSPS) is 24.4. The SMILES string of the molecule is CC1(C)CCC(C)(C)c2cc(C3=CCCC3C=CC(=O)O)ccc21.Cc1cc2c(cc1C1=CCCC1C=CC(=O)O)C(C)(C)CCC2(C)C. The maximum Gasteiger partial charge on any atom is 0.327 e. The minimum Gasteiger partial charge on any atom is -0.478 e. The van der Waals surface area contributed by atoms with Gasteiger partial charge in [0.2, 0.25) is 0 Å². The Labute approximate surface area is 295 Å². The lowest BCUT2D eigenvalue weighted by atomic mass is 9.62. The van der Waals surface area contributed by atoms with Crippen LogP contribution in [0, 0.1) is 18.8 Å². The van der Waals surface area contributed by atoms with E-state index in [4.69, 9.17) is 10.2 Å². The van der Waals surface area contributed by atoms with Gasteiger partial charge in [-0.15, -0.1) is 0 Å². The van der Waals surface area contributed by atoms with Gasteiger partial charge in [-0.25, -0.2) is 9.59 Å². The van der Waals surface area contributed by atoms with Crippen molar-refractivity contribution in [1.29, 1.82) is 0 Å². The van der Waals surface area contributed by atoms with Gasteiger partial charge in [-0.1, -0.05) is 110 Å². The summed E-state index contributed by atoms with van der Waals surface area (Å²) in [6.45, 7) is 21.0. The first-order valence-electron chi connectivity index (χ1n) is 18.4. The summed E-state index contributed by atoms with van der Waals surface area (Å²) < 4.78 is 0. The number of fused-ring (bicyclic) bond motifs is 2. The zero-order valence-electron chi connectivity index (χ0n) is 31.4. The fourth-order valence-corrected chi connectivity index (χ4v) is 8.69. The zero-order valence-corrected chi connectivity index (χ0v) is 31.4. The first-order valence-corrected chi connectivity index (χ1v) is 18.4. The second kappa shape index (κ2) is 13.6. The lowest BCUT2D eigenvalue weighted by Crippen LogP contribution is -2.34. The van der Waals surface area contributed by atoms with Crippen LogP contribution in [0.1, 0.15) is 146 Å². The molecule has 4 aliphatic rings. The molecule has 4 aliphatic carbocycles. The first kappa shape index (κ1) is 36.6. The number of carboxylic acid groups (broad SMARTS) is 2. The molecule has 6 rings (SSSR count). The molecule has 0 spiro atoms. The molecule has 2 N–H and O–H groups in total. The molecule has 0 heterocycles. The van der Waals surface area contributed by atoms with Crippen molar-refractivity contribution < 1.29 is 19.8 Å². The van der Waals surface area contributed by atoms with E-state index in [0.717, 1.165) is 25.7 Å². The van der Waals surface area contributed by atoms with Gasteiger partial charge >= 0.3 is 11.9 Å². The molecule has 4 heteroatoms. The molecule has 0 saturated carbocycles. The molecule has 0 aliphatic heterocycles. The Hall–Kier alpha value is -3.66. The second-order valence-electron chi connectivity index (χ2n) is 17.6. The van der Waals surface area contributed by atoms with Crippen molar-refractivity contribution in [1.82, 2.24) is 0 Å². The van der Waals surface area contributed by atoms with Crippen molar-refractivity contribution in [3.05, 3.63) is 106 Å². The molecule has 2 aromatic rings. The van der Waals surface area contributed by atoms with E-state index >= 15 is 0 Å². The highest BCUT2D eigenvalue weighted by Gasteiger charge is 2.39. The molecule has 0 fully saturated rings. The molecule has 49 heavy (non-hydrogen) atoms. The smallest absolute Gasteiger partial charge is 0.327 e. The molecule has 0 bridgehead atoms. The minimum absolute atomic E-state index is 0.193. The summed E-state index contributed by atoms with van der Waals surface area (Å²) in [5.41, 5.74) is 13.2. The van der Waals surface area contributed by atoms with Gasteiger partial charge in [-0.2, -0.15) is 0 Å². The summed E-state index contributed by atoms with van der Waals surface area (Å²) >= 11 is 0. The van der Waals surface area contributed by atoms with Crippen LogP contribution in [0.4, 0.5) is 0 Å². The molecule has 0 radical (unpaired) electrons. The summed E-state index contributed by atoms with van der Waals surface area (Å²) in [6, 6.07) is 11.7. The molecular formula is C45H58O4. The van der Waals surface area contributed by atoms with Crippen molar-refractivity contribution in [3.8, 4) is 0 Å². The summed E-state index contributed by atoms with van der Waals surface area (Å²) in [5.74, 6) is -1.29. The van der Waals surface area contributed by atoms with Crippen LogP contribution in [0.2, 0.25) is 0 Å². The number of hydrogen-bond acceptors (Lipinski definition) is 2. The van der Waals surface area contributed by atoms with Crippen molar-refractivity contribution in [2.75, 3.05) is 0 Å². The average molecular weight is 663 g/mol.